The Morgan fingerprint density at radius 2 is 1.76 bits per heavy atom. The first-order valence-corrected chi connectivity index (χ1v) is 5.44. The van der Waals surface area contributed by atoms with Gasteiger partial charge in [0, 0.05) is 15.8 Å². The highest BCUT2D eigenvalue weighted by molar-refractivity contribution is 6.31. The Kier molecular flexibility index (Phi) is 2.09. The Morgan fingerprint density at radius 1 is 0.941 bits per heavy atom. The second-order valence-corrected chi connectivity index (χ2v) is 4.26. The lowest BCUT2D eigenvalue weighted by Gasteiger charge is -2.05. The Labute approximate surface area is 102 Å². The fourth-order valence-electron chi connectivity index (χ4n) is 1.85. The average molecular weight is 246 g/mol. The zero-order valence-electron chi connectivity index (χ0n) is 8.68. The van der Waals surface area contributed by atoms with Crippen molar-refractivity contribution in [3.63, 3.8) is 0 Å². The van der Waals surface area contributed by atoms with E-state index in [2.05, 4.69) is 4.98 Å². The Balaban J connectivity index is 2.48. The summed E-state index contributed by atoms with van der Waals surface area (Å²) in [6.07, 6.45) is 0. The molecule has 0 fully saturated rings. The van der Waals surface area contributed by atoms with Crippen LogP contribution in [-0.2, 0) is 0 Å². The van der Waals surface area contributed by atoms with Crippen molar-refractivity contribution >= 4 is 33.4 Å². The predicted molar refractivity (Wildman–Crippen MR) is 67.6 cm³/mol. The van der Waals surface area contributed by atoms with Crippen molar-refractivity contribution in [1.82, 2.24) is 4.98 Å². The van der Waals surface area contributed by atoms with E-state index >= 15 is 0 Å². The number of hydrogen-bond donors (Lipinski definition) is 2. The van der Waals surface area contributed by atoms with Gasteiger partial charge in [-0.2, -0.15) is 0 Å². The molecule has 0 atom stereocenters. The number of hydrogen-bond acceptors (Lipinski definition) is 3. The van der Waals surface area contributed by atoms with E-state index in [4.69, 9.17) is 11.6 Å². The molecule has 0 bridgehead atoms. The number of phenols is 2. The summed E-state index contributed by atoms with van der Waals surface area (Å²) >= 11 is 5.90. The molecule has 1 heterocycles. The minimum Gasteiger partial charge on any atom is -0.504 e. The van der Waals surface area contributed by atoms with E-state index in [9.17, 15) is 10.2 Å². The van der Waals surface area contributed by atoms with Gasteiger partial charge in [-0.15, -0.1) is 0 Å². The van der Waals surface area contributed by atoms with Crippen LogP contribution in [-0.4, -0.2) is 15.2 Å². The predicted octanol–water partition coefficient (Wildman–Crippen LogP) is 3.45. The number of rotatable bonds is 0. The maximum Gasteiger partial charge on any atom is 0.167 e. The zero-order chi connectivity index (χ0) is 12.0. The molecule has 0 spiro atoms. The molecular weight excluding hydrogens is 238 g/mol. The van der Waals surface area contributed by atoms with Crippen LogP contribution in [0.5, 0.6) is 11.5 Å². The van der Waals surface area contributed by atoms with Crippen LogP contribution >= 0.6 is 11.6 Å². The van der Waals surface area contributed by atoms with Crippen molar-refractivity contribution in [2.45, 2.75) is 0 Å². The van der Waals surface area contributed by atoms with E-state index in [0.29, 0.717) is 15.9 Å². The molecule has 0 saturated heterocycles. The molecule has 0 radical (unpaired) electrons. The molecule has 0 unspecified atom stereocenters. The molecule has 3 aromatic rings. The van der Waals surface area contributed by atoms with Crippen LogP contribution in [0.3, 0.4) is 0 Å². The van der Waals surface area contributed by atoms with Crippen LogP contribution in [0.15, 0.2) is 36.4 Å². The number of fused-ring (bicyclic) bond motifs is 2. The molecule has 4 heteroatoms. The fourth-order valence-corrected chi connectivity index (χ4v) is 2.01. The highest BCUT2D eigenvalue weighted by atomic mass is 35.5. The van der Waals surface area contributed by atoms with Crippen molar-refractivity contribution in [2.24, 2.45) is 0 Å². The van der Waals surface area contributed by atoms with Crippen LogP contribution < -0.4 is 0 Å². The van der Waals surface area contributed by atoms with Gasteiger partial charge in [0.2, 0.25) is 0 Å². The average Bonchev–Trinajstić information content (AvgIpc) is 2.32. The molecule has 84 valence electrons. The van der Waals surface area contributed by atoms with E-state index in [-0.39, 0.29) is 11.5 Å². The Hall–Kier alpha value is -2.00. The van der Waals surface area contributed by atoms with Crippen molar-refractivity contribution in [1.29, 1.82) is 0 Å². The standard InChI is InChI=1S/C13H8ClNO2/c14-8-2-1-7-5-9-10(15-11(7)6-8)3-4-12(16)13(9)17/h1-6,16-17H. The molecule has 0 amide bonds. The van der Waals surface area contributed by atoms with Gasteiger partial charge in [-0.05, 0) is 30.3 Å². The van der Waals surface area contributed by atoms with Gasteiger partial charge in [-0.1, -0.05) is 17.7 Å². The third-order valence-corrected chi connectivity index (χ3v) is 2.94. The highest BCUT2D eigenvalue weighted by Gasteiger charge is 2.07. The third-order valence-electron chi connectivity index (χ3n) is 2.71. The lowest BCUT2D eigenvalue weighted by atomic mass is 10.1. The van der Waals surface area contributed by atoms with Crippen molar-refractivity contribution in [3.8, 4) is 11.5 Å². The number of pyridine rings is 1. The molecule has 2 N–H and O–H groups in total. The second kappa shape index (κ2) is 3.50. The third kappa shape index (κ3) is 1.56. The minimum atomic E-state index is -0.146. The topological polar surface area (TPSA) is 53.4 Å². The van der Waals surface area contributed by atoms with E-state index in [1.54, 1.807) is 24.3 Å². The minimum absolute atomic E-state index is 0.146. The second-order valence-electron chi connectivity index (χ2n) is 3.83. The summed E-state index contributed by atoms with van der Waals surface area (Å²) in [4.78, 5) is 4.38. The molecule has 0 aliphatic heterocycles. The van der Waals surface area contributed by atoms with Gasteiger partial charge in [0.05, 0.1) is 11.0 Å². The number of halogens is 1. The Morgan fingerprint density at radius 3 is 2.59 bits per heavy atom. The summed E-state index contributed by atoms with van der Waals surface area (Å²) in [6.45, 7) is 0. The molecule has 3 nitrogen and oxygen atoms in total. The summed E-state index contributed by atoms with van der Waals surface area (Å²) < 4.78 is 0. The Bertz CT molecular complexity index is 740. The van der Waals surface area contributed by atoms with Crippen LogP contribution in [0.25, 0.3) is 21.8 Å². The number of phenolic OH excluding ortho intramolecular Hbond substituents is 2. The number of aromatic nitrogens is 1. The van der Waals surface area contributed by atoms with Crippen LogP contribution in [0.1, 0.15) is 0 Å². The first kappa shape index (κ1) is 10.2. The van der Waals surface area contributed by atoms with Gasteiger partial charge >= 0.3 is 0 Å². The van der Waals surface area contributed by atoms with Crippen LogP contribution in [0.4, 0.5) is 0 Å². The monoisotopic (exact) mass is 245 g/mol. The van der Waals surface area contributed by atoms with E-state index in [1.165, 1.54) is 6.07 Å². The summed E-state index contributed by atoms with van der Waals surface area (Å²) in [6, 6.07) is 10.2. The van der Waals surface area contributed by atoms with E-state index < -0.39 is 0 Å². The normalized spacial score (nSPS) is 11.1. The maximum absolute atomic E-state index is 9.76. The van der Waals surface area contributed by atoms with Crippen molar-refractivity contribution in [3.05, 3.63) is 41.4 Å². The molecular formula is C13H8ClNO2. The van der Waals surface area contributed by atoms with Crippen molar-refractivity contribution < 1.29 is 10.2 Å². The first-order valence-electron chi connectivity index (χ1n) is 5.06. The quantitative estimate of drug-likeness (QED) is 0.471. The van der Waals surface area contributed by atoms with Gasteiger partial charge < -0.3 is 10.2 Å². The van der Waals surface area contributed by atoms with E-state index in [0.717, 1.165) is 10.9 Å². The molecule has 0 aliphatic rings. The lowest BCUT2D eigenvalue weighted by molar-refractivity contribution is 0.408. The van der Waals surface area contributed by atoms with Gasteiger partial charge in [-0.25, -0.2) is 4.98 Å². The SMILES string of the molecule is Oc1ccc2nc3cc(Cl)ccc3cc2c1O. The van der Waals surface area contributed by atoms with Gasteiger partial charge in [-0.3, -0.25) is 0 Å². The molecule has 0 saturated carbocycles. The summed E-state index contributed by atoms with van der Waals surface area (Å²) in [5, 5.41) is 21.2. The largest absolute Gasteiger partial charge is 0.504 e. The van der Waals surface area contributed by atoms with Crippen LogP contribution in [0, 0.1) is 0 Å². The fraction of sp³-hybridized carbons (Fsp3) is 0. The summed E-state index contributed by atoms with van der Waals surface area (Å²) in [5.41, 5.74) is 1.38. The summed E-state index contributed by atoms with van der Waals surface area (Å²) in [5.74, 6) is -0.292. The molecule has 2 aromatic carbocycles. The zero-order valence-corrected chi connectivity index (χ0v) is 9.44. The molecule has 3 rings (SSSR count). The van der Waals surface area contributed by atoms with E-state index in [1.807, 2.05) is 6.07 Å². The first-order chi connectivity index (χ1) is 8.15. The molecule has 1 aromatic heterocycles. The number of benzene rings is 2. The van der Waals surface area contributed by atoms with Gasteiger partial charge in [0.25, 0.3) is 0 Å². The molecule has 0 aliphatic carbocycles. The highest BCUT2D eigenvalue weighted by Crippen LogP contribution is 2.34. The van der Waals surface area contributed by atoms with Gasteiger partial charge in [0.1, 0.15) is 0 Å². The lowest BCUT2D eigenvalue weighted by Crippen LogP contribution is -1.83. The number of nitrogens with zero attached hydrogens (tertiary/aromatic N) is 1. The maximum atomic E-state index is 9.76. The molecule has 17 heavy (non-hydrogen) atoms. The van der Waals surface area contributed by atoms with Gasteiger partial charge in [0.15, 0.2) is 11.5 Å². The summed E-state index contributed by atoms with van der Waals surface area (Å²) in [7, 11) is 0. The smallest absolute Gasteiger partial charge is 0.167 e. The van der Waals surface area contributed by atoms with Crippen molar-refractivity contribution in [2.75, 3.05) is 0 Å². The van der Waals surface area contributed by atoms with Crippen LogP contribution in [0.2, 0.25) is 5.02 Å². The number of aromatic hydroxyl groups is 2.